The van der Waals surface area contributed by atoms with Gasteiger partial charge in [0.1, 0.15) is 6.26 Å². The summed E-state index contributed by atoms with van der Waals surface area (Å²) in [6.07, 6.45) is 3.95. The molecule has 6 nitrogen and oxygen atoms in total. The maximum absolute atomic E-state index is 12.5. The van der Waals surface area contributed by atoms with Gasteiger partial charge in [0.2, 0.25) is 5.89 Å². The highest BCUT2D eigenvalue weighted by Crippen LogP contribution is 2.18. The summed E-state index contributed by atoms with van der Waals surface area (Å²) in [6, 6.07) is 5.99. The minimum atomic E-state index is -0.233. The number of carbonyl (C=O) groups is 1. The molecule has 1 aliphatic rings. The van der Waals surface area contributed by atoms with Crippen LogP contribution in [0.2, 0.25) is 0 Å². The first-order chi connectivity index (χ1) is 13.0. The molecule has 1 aromatic heterocycles. The highest BCUT2D eigenvalue weighted by Gasteiger charge is 2.19. The van der Waals surface area contributed by atoms with Crippen molar-refractivity contribution in [1.82, 2.24) is 14.8 Å². The molecule has 146 valence electrons. The maximum atomic E-state index is 12.5. The number of aromatic nitrogens is 1. The topological polar surface area (TPSA) is 61.6 Å². The van der Waals surface area contributed by atoms with E-state index in [1.54, 1.807) is 0 Å². The van der Waals surface area contributed by atoms with Crippen LogP contribution in [0.15, 0.2) is 28.9 Å². The van der Waals surface area contributed by atoms with Crippen molar-refractivity contribution in [3.63, 3.8) is 0 Å². The van der Waals surface area contributed by atoms with Gasteiger partial charge in [0.05, 0.1) is 6.54 Å². The summed E-state index contributed by atoms with van der Waals surface area (Å²) in [4.78, 5) is 21.7. The molecule has 1 fully saturated rings. The standard InChI is InChI=1S/C21H30N4O2/c1-4-5-8-24-9-11-25(12-10-24)14-20-22-19(15-27-20)21(26)23-18-13-16(2)6-7-17(18)3/h6-7,13,15H,4-5,8-12,14H2,1-3H3,(H,23,26). The summed E-state index contributed by atoms with van der Waals surface area (Å²) in [7, 11) is 0. The van der Waals surface area contributed by atoms with Crippen molar-refractivity contribution in [3.8, 4) is 0 Å². The Morgan fingerprint density at radius 1 is 1.19 bits per heavy atom. The Labute approximate surface area is 161 Å². The SMILES string of the molecule is CCCCN1CCN(Cc2nc(C(=O)Nc3cc(C)ccc3C)co2)CC1. The van der Waals surface area contributed by atoms with Gasteiger partial charge >= 0.3 is 0 Å². The largest absolute Gasteiger partial charge is 0.447 e. The van der Waals surface area contributed by atoms with Crippen LogP contribution in [-0.4, -0.2) is 53.4 Å². The summed E-state index contributed by atoms with van der Waals surface area (Å²) in [6.45, 7) is 12.2. The maximum Gasteiger partial charge on any atom is 0.277 e. The number of nitrogens with one attached hydrogen (secondary N) is 1. The van der Waals surface area contributed by atoms with Crippen molar-refractivity contribution in [2.24, 2.45) is 0 Å². The van der Waals surface area contributed by atoms with E-state index >= 15 is 0 Å². The van der Waals surface area contributed by atoms with Gasteiger partial charge < -0.3 is 14.6 Å². The van der Waals surface area contributed by atoms with Crippen LogP contribution < -0.4 is 5.32 Å². The van der Waals surface area contributed by atoms with Gasteiger partial charge in [0.25, 0.3) is 5.91 Å². The second-order valence-electron chi connectivity index (χ2n) is 7.37. The number of benzene rings is 1. The number of aryl methyl sites for hydroxylation is 2. The van der Waals surface area contributed by atoms with Crippen LogP contribution in [0, 0.1) is 13.8 Å². The van der Waals surface area contributed by atoms with Gasteiger partial charge in [-0.3, -0.25) is 9.69 Å². The number of nitrogens with zero attached hydrogens (tertiary/aromatic N) is 3. The van der Waals surface area contributed by atoms with Crippen molar-refractivity contribution in [2.75, 3.05) is 38.0 Å². The normalized spacial score (nSPS) is 15.8. The molecule has 0 aliphatic carbocycles. The van der Waals surface area contributed by atoms with E-state index in [0.29, 0.717) is 18.1 Å². The lowest BCUT2D eigenvalue weighted by Crippen LogP contribution is -2.46. The fourth-order valence-electron chi connectivity index (χ4n) is 3.29. The summed E-state index contributed by atoms with van der Waals surface area (Å²) < 4.78 is 5.54. The first kappa shape index (κ1) is 19.6. The summed E-state index contributed by atoms with van der Waals surface area (Å²) >= 11 is 0. The number of anilines is 1. The molecule has 1 saturated heterocycles. The van der Waals surface area contributed by atoms with Crippen LogP contribution in [0.3, 0.4) is 0 Å². The molecule has 3 rings (SSSR count). The number of piperazine rings is 1. The van der Waals surface area contributed by atoms with Gasteiger partial charge in [0.15, 0.2) is 5.69 Å². The van der Waals surface area contributed by atoms with Crippen LogP contribution in [0.5, 0.6) is 0 Å². The van der Waals surface area contributed by atoms with E-state index < -0.39 is 0 Å². The summed E-state index contributed by atoms with van der Waals surface area (Å²) in [5.41, 5.74) is 3.27. The van der Waals surface area contributed by atoms with Crippen LogP contribution in [0.1, 0.15) is 47.3 Å². The van der Waals surface area contributed by atoms with Gasteiger partial charge in [0, 0.05) is 31.9 Å². The van der Waals surface area contributed by atoms with Crippen molar-refractivity contribution in [2.45, 2.75) is 40.2 Å². The molecule has 6 heteroatoms. The number of unbranched alkanes of at least 4 members (excludes halogenated alkanes) is 1. The zero-order valence-corrected chi connectivity index (χ0v) is 16.6. The Morgan fingerprint density at radius 2 is 1.93 bits per heavy atom. The van der Waals surface area contributed by atoms with Gasteiger partial charge in [-0.2, -0.15) is 0 Å². The zero-order valence-electron chi connectivity index (χ0n) is 16.6. The van der Waals surface area contributed by atoms with E-state index in [0.717, 1.165) is 43.0 Å². The van der Waals surface area contributed by atoms with Crippen LogP contribution in [0.4, 0.5) is 5.69 Å². The molecule has 0 atom stereocenters. The molecule has 0 unspecified atom stereocenters. The predicted octanol–water partition coefficient (Wildman–Crippen LogP) is 3.46. The summed E-state index contributed by atoms with van der Waals surface area (Å²) in [5, 5.41) is 2.93. The van der Waals surface area contributed by atoms with E-state index in [1.165, 1.54) is 25.6 Å². The van der Waals surface area contributed by atoms with Gasteiger partial charge in [-0.25, -0.2) is 4.98 Å². The lowest BCUT2D eigenvalue weighted by atomic mass is 10.1. The number of amides is 1. The van der Waals surface area contributed by atoms with Gasteiger partial charge in [-0.1, -0.05) is 25.5 Å². The highest BCUT2D eigenvalue weighted by molar-refractivity contribution is 6.03. The molecule has 0 saturated carbocycles. The predicted molar refractivity (Wildman–Crippen MR) is 107 cm³/mol. The third kappa shape index (κ3) is 5.40. The lowest BCUT2D eigenvalue weighted by Gasteiger charge is -2.33. The molecule has 0 bridgehead atoms. The summed E-state index contributed by atoms with van der Waals surface area (Å²) in [5.74, 6) is 0.367. The number of oxazole rings is 1. The molecule has 1 N–H and O–H groups in total. The zero-order chi connectivity index (χ0) is 19.2. The average molecular weight is 370 g/mol. The lowest BCUT2D eigenvalue weighted by molar-refractivity contribution is 0.102. The molecule has 27 heavy (non-hydrogen) atoms. The Hall–Kier alpha value is -2.18. The van der Waals surface area contributed by atoms with E-state index in [4.69, 9.17) is 4.42 Å². The molecular formula is C21H30N4O2. The Morgan fingerprint density at radius 3 is 2.67 bits per heavy atom. The number of carbonyl (C=O) groups excluding carboxylic acids is 1. The fraction of sp³-hybridized carbons (Fsp3) is 0.524. The monoisotopic (exact) mass is 370 g/mol. The molecule has 0 spiro atoms. The van der Waals surface area contributed by atoms with Crippen LogP contribution >= 0.6 is 0 Å². The van der Waals surface area contributed by atoms with Crippen molar-refractivity contribution < 1.29 is 9.21 Å². The first-order valence-electron chi connectivity index (χ1n) is 9.83. The van der Waals surface area contributed by atoms with E-state index in [2.05, 4.69) is 27.0 Å². The van der Waals surface area contributed by atoms with E-state index in [1.807, 2.05) is 32.0 Å². The quantitative estimate of drug-likeness (QED) is 0.809. The van der Waals surface area contributed by atoms with Crippen molar-refractivity contribution in [1.29, 1.82) is 0 Å². The number of hydrogen-bond acceptors (Lipinski definition) is 5. The minimum absolute atomic E-state index is 0.233. The van der Waals surface area contributed by atoms with Gasteiger partial charge in [-0.15, -0.1) is 0 Å². The molecule has 2 aromatic rings. The van der Waals surface area contributed by atoms with Crippen LogP contribution in [-0.2, 0) is 6.54 Å². The molecule has 1 aromatic carbocycles. The van der Waals surface area contributed by atoms with Gasteiger partial charge in [-0.05, 0) is 44.0 Å². The number of hydrogen-bond donors (Lipinski definition) is 1. The average Bonchev–Trinajstić information content (AvgIpc) is 3.13. The number of rotatable bonds is 7. The van der Waals surface area contributed by atoms with Crippen molar-refractivity contribution >= 4 is 11.6 Å². The minimum Gasteiger partial charge on any atom is -0.447 e. The van der Waals surface area contributed by atoms with E-state index in [-0.39, 0.29) is 5.91 Å². The molecule has 1 aliphatic heterocycles. The molecule has 2 heterocycles. The van der Waals surface area contributed by atoms with Crippen molar-refractivity contribution in [3.05, 3.63) is 47.2 Å². The fourth-order valence-corrected chi connectivity index (χ4v) is 3.29. The molecular weight excluding hydrogens is 340 g/mol. The second kappa shape index (κ2) is 9.15. The second-order valence-corrected chi connectivity index (χ2v) is 7.37. The smallest absolute Gasteiger partial charge is 0.277 e. The molecule has 0 radical (unpaired) electrons. The molecule has 1 amide bonds. The first-order valence-corrected chi connectivity index (χ1v) is 9.83. The Bertz CT molecular complexity index is 763. The van der Waals surface area contributed by atoms with E-state index in [9.17, 15) is 4.79 Å². The Kier molecular flexibility index (Phi) is 6.63. The Balaban J connectivity index is 1.52. The highest BCUT2D eigenvalue weighted by atomic mass is 16.3. The third-order valence-corrected chi connectivity index (χ3v) is 5.08. The van der Waals surface area contributed by atoms with Crippen LogP contribution in [0.25, 0.3) is 0 Å². The third-order valence-electron chi connectivity index (χ3n) is 5.08.